The van der Waals surface area contributed by atoms with Gasteiger partial charge in [-0.25, -0.2) is 0 Å². The molecule has 3 amide bonds. The van der Waals surface area contributed by atoms with E-state index in [4.69, 9.17) is 4.74 Å². The summed E-state index contributed by atoms with van der Waals surface area (Å²) in [6, 6.07) is 9.43. The van der Waals surface area contributed by atoms with Crippen LogP contribution in [0.3, 0.4) is 0 Å². The van der Waals surface area contributed by atoms with Gasteiger partial charge in [-0.15, -0.1) is 11.8 Å². The smallest absolute Gasteiger partial charge is 0.232 e. The third kappa shape index (κ3) is 6.50. The van der Waals surface area contributed by atoms with Gasteiger partial charge in [-0.3, -0.25) is 19.7 Å². The predicted octanol–water partition coefficient (Wildman–Crippen LogP) is 0.0466. The summed E-state index contributed by atoms with van der Waals surface area (Å²) >= 11 is 1.34. The third-order valence-electron chi connectivity index (χ3n) is 4.61. The van der Waals surface area contributed by atoms with Gasteiger partial charge in [0.05, 0.1) is 19.0 Å². The predicted molar refractivity (Wildman–Crippen MR) is 106 cm³/mol. The Morgan fingerprint density at radius 1 is 1.21 bits per heavy atom. The van der Waals surface area contributed by atoms with Crippen LogP contribution in [0.2, 0.25) is 0 Å². The molecule has 28 heavy (non-hydrogen) atoms. The summed E-state index contributed by atoms with van der Waals surface area (Å²) in [7, 11) is 0. The SMILES string of the molecule is O=C(CC1CC(=O)NC(SCC(=O)N2CCOCC2)N1)NCc1ccccc1. The first-order valence-corrected chi connectivity index (χ1v) is 10.5. The molecule has 2 aliphatic rings. The number of hydrogen-bond donors (Lipinski definition) is 3. The molecule has 0 aliphatic carbocycles. The van der Waals surface area contributed by atoms with E-state index in [1.54, 1.807) is 4.90 Å². The average Bonchev–Trinajstić information content (AvgIpc) is 2.71. The summed E-state index contributed by atoms with van der Waals surface area (Å²) in [6.45, 7) is 2.80. The fourth-order valence-corrected chi connectivity index (χ4v) is 4.11. The summed E-state index contributed by atoms with van der Waals surface area (Å²) in [5, 5.41) is 8.95. The van der Waals surface area contributed by atoms with E-state index in [-0.39, 0.29) is 47.9 Å². The standard InChI is InChI=1S/C19H26N4O4S/c24-16(20-12-14-4-2-1-3-5-14)10-15-11-17(25)22-19(21-15)28-13-18(26)23-6-8-27-9-7-23/h1-5,15,19,21H,6-13H2,(H,20,24)(H,22,25). The molecule has 9 heteroatoms. The number of hydrogen-bond acceptors (Lipinski definition) is 6. The van der Waals surface area contributed by atoms with Crippen LogP contribution in [-0.2, 0) is 25.7 Å². The molecule has 152 valence electrons. The van der Waals surface area contributed by atoms with Gasteiger partial charge < -0.3 is 20.3 Å². The molecular weight excluding hydrogens is 380 g/mol. The molecule has 2 saturated heterocycles. The fourth-order valence-electron chi connectivity index (χ4n) is 3.12. The van der Waals surface area contributed by atoms with Crippen molar-refractivity contribution in [1.29, 1.82) is 0 Å². The molecule has 8 nitrogen and oxygen atoms in total. The van der Waals surface area contributed by atoms with Crippen LogP contribution >= 0.6 is 11.8 Å². The normalized spacial score (nSPS) is 22.4. The second-order valence-electron chi connectivity index (χ2n) is 6.79. The van der Waals surface area contributed by atoms with E-state index in [0.29, 0.717) is 32.8 Å². The average molecular weight is 407 g/mol. The lowest BCUT2D eigenvalue weighted by molar-refractivity contribution is -0.132. The van der Waals surface area contributed by atoms with Crippen molar-refractivity contribution in [2.45, 2.75) is 30.9 Å². The number of thioether (sulfide) groups is 1. The van der Waals surface area contributed by atoms with Crippen LogP contribution in [0.15, 0.2) is 30.3 Å². The molecule has 3 rings (SSSR count). The minimum absolute atomic E-state index is 0.0343. The second kappa shape index (κ2) is 10.4. The lowest BCUT2D eigenvalue weighted by atomic mass is 10.1. The van der Waals surface area contributed by atoms with Gasteiger partial charge in [0.25, 0.3) is 0 Å². The van der Waals surface area contributed by atoms with Gasteiger partial charge in [0.15, 0.2) is 0 Å². The van der Waals surface area contributed by atoms with E-state index in [2.05, 4.69) is 16.0 Å². The van der Waals surface area contributed by atoms with Crippen molar-refractivity contribution < 1.29 is 19.1 Å². The summed E-state index contributed by atoms with van der Waals surface area (Å²) < 4.78 is 5.25. The number of morpholine rings is 1. The molecule has 3 N–H and O–H groups in total. The molecule has 2 heterocycles. The van der Waals surface area contributed by atoms with Gasteiger partial charge in [-0.2, -0.15) is 0 Å². The van der Waals surface area contributed by atoms with Crippen molar-refractivity contribution in [3.8, 4) is 0 Å². The molecular formula is C19H26N4O4S. The Balaban J connectivity index is 1.41. The highest BCUT2D eigenvalue weighted by Gasteiger charge is 2.28. The molecule has 0 aromatic heterocycles. The van der Waals surface area contributed by atoms with Gasteiger partial charge in [0, 0.05) is 38.5 Å². The van der Waals surface area contributed by atoms with Gasteiger partial charge >= 0.3 is 0 Å². The number of amides is 3. The highest BCUT2D eigenvalue weighted by molar-refractivity contribution is 8.00. The molecule has 0 saturated carbocycles. The number of carbonyl (C=O) groups is 3. The van der Waals surface area contributed by atoms with Crippen molar-refractivity contribution in [1.82, 2.24) is 20.9 Å². The van der Waals surface area contributed by atoms with Crippen molar-refractivity contribution in [2.75, 3.05) is 32.1 Å². The third-order valence-corrected chi connectivity index (χ3v) is 5.61. The van der Waals surface area contributed by atoms with Crippen molar-refractivity contribution in [3.05, 3.63) is 35.9 Å². The van der Waals surface area contributed by atoms with Crippen molar-refractivity contribution in [3.63, 3.8) is 0 Å². The Hall–Kier alpha value is -2.10. The van der Waals surface area contributed by atoms with Gasteiger partial charge in [-0.05, 0) is 5.56 Å². The summed E-state index contributed by atoms with van der Waals surface area (Å²) in [5.41, 5.74) is 0.651. The Morgan fingerprint density at radius 3 is 2.71 bits per heavy atom. The van der Waals surface area contributed by atoms with Gasteiger partial charge in [-0.1, -0.05) is 30.3 Å². The maximum atomic E-state index is 12.2. The molecule has 2 unspecified atom stereocenters. The molecule has 1 aromatic carbocycles. The Labute approximate surface area is 168 Å². The second-order valence-corrected chi connectivity index (χ2v) is 7.88. The number of nitrogens with one attached hydrogen (secondary N) is 3. The number of nitrogens with zero attached hydrogens (tertiary/aromatic N) is 1. The lowest BCUT2D eigenvalue weighted by Crippen LogP contribution is -2.56. The molecule has 0 bridgehead atoms. The number of carbonyl (C=O) groups excluding carboxylic acids is 3. The number of benzene rings is 1. The van der Waals surface area contributed by atoms with E-state index >= 15 is 0 Å². The van der Waals surface area contributed by atoms with Crippen molar-refractivity contribution in [2.24, 2.45) is 0 Å². The van der Waals surface area contributed by atoms with E-state index < -0.39 is 0 Å². The van der Waals surface area contributed by atoms with Crippen molar-refractivity contribution >= 4 is 29.5 Å². The van der Waals surface area contributed by atoms with Crippen LogP contribution in [0.5, 0.6) is 0 Å². The first-order valence-electron chi connectivity index (χ1n) is 9.43. The molecule has 0 radical (unpaired) electrons. The van der Waals surface area contributed by atoms with Crippen LogP contribution < -0.4 is 16.0 Å². The molecule has 2 atom stereocenters. The first-order chi connectivity index (χ1) is 13.6. The highest BCUT2D eigenvalue weighted by Crippen LogP contribution is 2.15. The minimum Gasteiger partial charge on any atom is -0.378 e. The van der Waals surface area contributed by atoms with Crippen LogP contribution in [0.25, 0.3) is 0 Å². The quantitative estimate of drug-likeness (QED) is 0.592. The van der Waals surface area contributed by atoms with Crippen LogP contribution in [-0.4, -0.2) is 66.2 Å². The molecule has 2 aliphatic heterocycles. The monoisotopic (exact) mass is 406 g/mol. The van der Waals surface area contributed by atoms with E-state index in [0.717, 1.165) is 5.56 Å². The van der Waals surface area contributed by atoms with E-state index in [1.165, 1.54) is 11.8 Å². The molecule has 2 fully saturated rings. The lowest BCUT2D eigenvalue weighted by Gasteiger charge is -2.32. The van der Waals surface area contributed by atoms with Gasteiger partial charge in [0.1, 0.15) is 5.50 Å². The number of rotatable bonds is 7. The zero-order valence-corrected chi connectivity index (χ0v) is 16.5. The highest BCUT2D eigenvalue weighted by atomic mass is 32.2. The van der Waals surface area contributed by atoms with Crippen LogP contribution in [0.1, 0.15) is 18.4 Å². The first kappa shape index (κ1) is 20.6. The van der Waals surface area contributed by atoms with Crippen LogP contribution in [0, 0.1) is 0 Å². The summed E-state index contributed by atoms with van der Waals surface area (Å²) in [5.74, 6) is 0.0809. The Kier molecular flexibility index (Phi) is 7.70. The topological polar surface area (TPSA) is 99.8 Å². The minimum atomic E-state index is -0.377. The largest absolute Gasteiger partial charge is 0.378 e. The zero-order valence-electron chi connectivity index (χ0n) is 15.7. The maximum Gasteiger partial charge on any atom is 0.232 e. The molecule has 1 aromatic rings. The Morgan fingerprint density at radius 2 is 1.96 bits per heavy atom. The fraction of sp³-hybridized carbons (Fsp3) is 0.526. The zero-order chi connectivity index (χ0) is 19.8. The summed E-state index contributed by atoms with van der Waals surface area (Å²) in [6.07, 6.45) is 0.460. The Bertz CT molecular complexity index is 682. The number of ether oxygens (including phenoxy) is 1. The maximum absolute atomic E-state index is 12.2. The van der Waals surface area contributed by atoms with E-state index in [1.807, 2.05) is 30.3 Å². The van der Waals surface area contributed by atoms with E-state index in [9.17, 15) is 14.4 Å². The summed E-state index contributed by atoms with van der Waals surface area (Å²) in [4.78, 5) is 38.2. The molecule has 0 spiro atoms. The van der Waals surface area contributed by atoms with Crippen LogP contribution in [0.4, 0.5) is 0 Å². The van der Waals surface area contributed by atoms with Gasteiger partial charge in [0.2, 0.25) is 17.7 Å².